The van der Waals surface area contributed by atoms with E-state index < -0.39 is 40.3 Å². The van der Waals surface area contributed by atoms with Crippen LogP contribution in [0, 0.1) is 29.1 Å². The maximum Gasteiger partial charge on any atom is 0.163 e. The third kappa shape index (κ3) is 3.88. The molecule has 2 atom stereocenters. The van der Waals surface area contributed by atoms with Gasteiger partial charge in [-0.25, -0.2) is 22.0 Å². The van der Waals surface area contributed by atoms with Gasteiger partial charge in [-0.2, -0.15) is 25.3 Å². The summed E-state index contributed by atoms with van der Waals surface area (Å²) in [5, 5.41) is -0.502. The predicted octanol–water partition coefficient (Wildman–Crippen LogP) is 5.63. The molecule has 0 amide bonds. The number of halogens is 5. The first kappa shape index (κ1) is 19.1. The van der Waals surface area contributed by atoms with E-state index in [-0.39, 0.29) is 28.9 Å². The van der Waals surface area contributed by atoms with Crippen LogP contribution >= 0.6 is 25.3 Å². The van der Waals surface area contributed by atoms with Gasteiger partial charge in [-0.3, -0.25) is 0 Å². The van der Waals surface area contributed by atoms with Crippen molar-refractivity contribution in [2.75, 3.05) is 5.75 Å². The summed E-state index contributed by atoms with van der Waals surface area (Å²) in [6.07, 6.45) is -0.212. The highest BCUT2D eigenvalue weighted by Crippen LogP contribution is 2.32. The zero-order valence-electron chi connectivity index (χ0n) is 12.7. The lowest BCUT2D eigenvalue weighted by atomic mass is 9.91. The molecular weight excluding hydrogens is 363 g/mol. The van der Waals surface area contributed by atoms with Crippen molar-refractivity contribution < 1.29 is 22.0 Å². The van der Waals surface area contributed by atoms with E-state index in [1.165, 1.54) is 12.1 Å². The van der Waals surface area contributed by atoms with Crippen LogP contribution in [-0.2, 0) is 6.42 Å². The summed E-state index contributed by atoms with van der Waals surface area (Å²) in [7, 11) is 0. The molecule has 2 unspecified atom stereocenters. The molecule has 0 heterocycles. The number of benzene rings is 2. The molecule has 0 fully saturated rings. The first-order chi connectivity index (χ1) is 11.3. The second-order valence-corrected chi connectivity index (χ2v) is 6.63. The molecule has 0 spiro atoms. The van der Waals surface area contributed by atoms with E-state index in [1.807, 2.05) is 0 Å². The first-order valence-corrected chi connectivity index (χ1v) is 8.31. The Kier molecular flexibility index (Phi) is 6.20. The van der Waals surface area contributed by atoms with Gasteiger partial charge in [0.25, 0.3) is 0 Å². The smallest absolute Gasteiger partial charge is 0.163 e. The van der Waals surface area contributed by atoms with Crippen LogP contribution in [0.3, 0.4) is 0 Å². The van der Waals surface area contributed by atoms with Gasteiger partial charge in [0.15, 0.2) is 23.3 Å². The van der Waals surface area contributed by atoms with Crippen molar-refractivity contribution in [2.45, 2.75) is 24.5 Å². The Balaban J connectivity index is 2.42. The molecule has 2 aromatic carbocycles. The lowest BCUT2D eigenvalue weighted by Gasteiger charge is -2.18. The van der Waals surface area contributed by atoms with Gasteiger partial charge in [-0.05, 0) is 42.2 Å². The highest BCUT2D eigenvalue weighted by molar-refractivity contribution is 7.80. The summed E-state index contributed by atoms with van der Waals surface area (Å²) in [6.45, 7) is 1.60. The second-order valence-electron chi connectivity index (χ2n) is 5.49. The van der Waals surface area contributed by atoms with Crippen molar-refractivity contribution in [1.82, 2.24) is 0 Å². The molecule has 0 saturated carbocycles. The van der Waals surface area contributed by atoms with Crippen molar-refractivity contribution in [3.05, 3.63) is 70.0 Å². The fourth-order valence-electron chi connectivity index (χ4n) is 2.51. The van der Waals surface area contributed by atoms with E-state index in [0.29, 0.717) is 6.07 Å². The Morgan fingerprint density at radius 3 is 2.08 bits per heavy atom. The second kappa shape index (κ2) is 7.78. The number of thiol groups is 2. The standard InChI is InChI=1S/C17H15F5S2/c1-8(24)12-2-3-13(17(22)16(12)21)10(7-23)4-9-5-11(18)6-14(19)15(9)20/h2-3,5-6,8,10,23-24H,4,7H2,1H3. The normalized spacial score (nSPS) is 13.8. The topological polar surface area (TPSA) is 0 Å². The zero-order chi connectivity index (χ0) is 18.0. The van der Waals surface area contributed by atoms with Gasteiger partial charge >= 0.3 is 0 Å². The van der Waals surface area contributed by atoms with Crippen molar-refractivity contribution in [3.8, 4) is 0 Å². The molecule has 130 valence electrons. The minimum absolute atomic E-state index is 0.0238. The SMILES string of the molecule is CC(S)c1ccc(C(CS)Cc2cc(F)cc(F)c2F)c(F)c1F. The van der Waals surface area contributed by atoms with Crippen molar-refractivity contribution in [1.29, 1.82) is 0 Å². The van der Waals surface area contributed by atoms with Crippen LogP contribution in [0.2, 0.25) is 0 Å². The molecule has 0 aliphatic carbocycles. The summed E-state index contributed by atoms with van der Waals surface area (Å²) in [4.78, 5) is 0. The van der Waals surface area contributed by atoms with Gasteiger partial charge in [0.1, 0.15) is 5.82 Å². The lowest BCUT2D eigenvalue weighted by molar-refractivity contribution is 0.471. The Morgan fingerprint density at radius 1 is 0.917 bits per heavy atom. The van der Waals surface area contributed by atoms with Crippen LogP contribution in [-0.4, -0.2) is 5.75 Å². The van der Waals surface area contributed by atoms with Crippen molar-refractivity contribution >= 4 is 25.3 Å². The van der Waals surface area contributed by atoms with Crippen LogP contribution in [0.1, 0.15) is 34.8 Å². The van der Waals surface area contributed by atoms with Crippen molar-refractivity contribution in [3.63, 3.8) is 0 Å². The van der Waals surface area contributed by atoms with Crippen LogP contribution < -0.4 is 0 Å². The molecule has 0 aliphatic rings. The van der Waals surface area contributed by atoms with E-state index in [9.17, 15) is 22.0 Å². The van der Waals surface area contributed by atoms with Crippen LogP contribution in [0.4, 0.5) is 22.0 Å². The van der Waals surface area contributed by atoms with Crippen LogP contribution in [0.25, 0.3) is 0 Å². The van der Waals surface area contributed by atoms with E-state index >= 15 is 0 Å². The summed E-state index contributed by atoms with van der Waals surface area (Å²) in [5.41, 5.74) is -0.178. The van der Waals surface area contributed by atoms with Gasteiger partial charge < -0.3 is 0 Å². The maximum absolute atomic E-state index is 14.3. The summed E-state index contributed by atoms with van der Waals surface area (Å²) in [5.74, 6) is -6.28. The zero-order valence-corrected chi connectivity index (χ0v) is 14.5. The van der Waals surface area contributed by atoms with E-state index in [1.54, 1.807) is 6.92 Å². The molecule has 0 N–H and O–H groups in total. The van der Waals surface area contributed by atoms with Gasteiger partial charge in [0.05, 0.1) is 0 Å². The molecule has 2 aromatic rings. The van der Waals surface area contributed by atoms with Gasteiger partial charge in [0.2, 0.25) is 0 Å². The molecule has 0 aliphatic heterocycles. The van der Waals surface area contributed by atoms with Crippen LogP contribution in [0.15, 0.2) is 24.3 Å². The molecule has 0 saturated heterocycles. The largest absolute Gasteiger partial charge is 0.207 e. The monoisotopic (exact) mass is 378 g/mol. The molecule has 0 aromatic heterocycles. The minimum atomic E-state index is -1.33. The molecule has 2 rings (SSSR count). The van der Waals surface area contributed by atoms with Gasteiger partial charge in [0, 0.05) is 16.9 Å². The van der Waals surface area contributed by atoms with Gasteiger partial charge in [-0.1, -0.05) is 12.1 Å². The third-order valence-electron chi connectivity index (χ3n) is 3.79. The Morgan fingerprint density at radius 2 is 1.50 bits per heavy atom. The lowest BCUT2D eigenvalue weighted by Crippen LogP contribution is -2.11. The van der Waals surface area contributed by atoms with Crippen LogP contribution in [0.5, 0.6) is 0 Å². The molecule has 24 heavy (non-hydrogen) atoms. The maximum atomic E-state index is 14.3. The predicted molar refractivity (Wildman–Crippen MR) is 90.4 cm³/mol. The molecule has 0 bridgehead atoms. The summed E-state index contributed by atoms with van der Waals surface area (Å²) in [6, 6.07) is 4.03. The third-order valence-corrected chi connectivity index (χ3v) is 4.51. The molecule has 7 heteroatoms. The number of hydrogen-bond donors (Lipinski definition) is 2. The average molecular weight is 378 g/mol. The molecule has 0 radical (unpaired) electrons. The Hall–Kier alpha value is -1.21. The Bertz CT molecular complexity index is 746. The highest BCUT2D eigenvalue weighted by Gasteiger charge is 2.23. The first-order valence-electron chi connectivity index (χ1n) is 7.16. The fraction of sp³-hybridized carbons (Fsp3) is 0.294. The Labute approximate surface area is 147 Å². The quantitative estimate of drug-likeness (QED) is 0.376. The average Bonchev–Trinajstić information content (AvgIpc) is 2.52. The fourth-order valence-corrected chi connectivity index (χ4v) is 3.04. The number of rotatable bonds is 5. The van der Waals surface area contributed by atoms with Gasteiger partial charge in [-0.15, -0.1) is 0 Å². The van der Waals surface area contributed by atoms with E-state index in [0.717, 1.165) is 6.07 Å². The number of hydrogen-bond acceptors (Lipinski definition) is 2. The minimum Gasteiger partial charge on any atom is -0.207 e. The summed E-state index contributed by atoms with van der Waals surface area (Å²) >= 11 is 8.15. The molecule has 0 nitrogen and oxygen atoms in total. The van der Waals surface area contributed by atoms with Crippen molar-refractivity contribution in [2.24, 2.45) is 0 Å². The van der Waals surface area contributed by atoms with E-state index in [2.05, 4.69) is 25.3 Å². The summed E-state index contributed by atoms with van der Waals surface area (Å²) < 4.78 is 68.8. The molecular formula is C17H15F5S2. The highest BCUT2D eigenvalue weighted by atomic mass is 32.1. The van der Waals surface area contributed by atoms with E-state index in [4.69, 9.17) is 0 Å².